The monoisotopic (exact) mass is 383 g/mol. The van der Waals surface area contributed by atoms with Crippen molar-refractivity contribution in [2.75, 3.05) is 11.9 Å². The Balaban J connectivity index is 1.41. The number of fused-ring (bicyclic) bond motifs is 3. The summed E-state index contributed by atoms with van der Waals surface area (Å²) in [5.41, 5.74) is 2.81. The van der Waals surface area contributed by atoms with Gasteiger partial charge in [-0.05, 0) is 48.9 Å². The van der Waals surface area contributed by atoms with Gasteiger partial charge in [-0.2, -0.15) is 0 Å². The van der Waals surface area contributed by atoms with Crippen molar-refractivity contribution in [1.82, 2.24) is 9.97 Å². The summed E-state index contributed by atoms with van der Waals surface area (Å²) in [5.74, 6) is 0.433. The van der Waals surface area contributed by atoms with Gasteiger partial charge < -0.3 is 15.4 Å². The number of hydrogen-bond acceptors (Lipinski definition) is 5. The number of nitrogens with zero attached hydrogens (tertiary/aromatic N) is 1. The first-order valence-electron chi connectivity index (χ1n) is 9.17. The van der Waals surface area contributed by atoms with Crippen molar-refractivity contribution >= 4 is 33.1 Å². The summed E-state index contributed by atoms with van der Waals surface area (Å²) >= 11 is 1.61. The molecule has 3 N–H and O–H groups in total. The molecule has 6 nitrogen and oxygen atoms in total. The Morgan fingerprint density at radius 1 is 1.22 bits per heavy atom. The summed E-state index contributed by atoms with van der Waals surface area (Å²) in [6.07, 6.45) is 4.34. The van der Waals surface area contributed by atoms with Gasteiger partial charge in [0.1, 0.15) is 10.7 Å². The average molecular weight is 383 g/mol. The lowest BCUT2D eigenvalue weighted by molar-refractivity contribution is -0.116. The van der Waals surface area contributed by atoms with Crippen molar-refractivity contribution in [1.29, 1.82) is 0 Å². The van der Waals surface area contributed by atoms with Crippen LogP contribution in [0.5, 0.6) is 0 Å². The van der Waals surface area contributed by atoms with Crippen molar-refractivity contribution < 1.29 is 9.90 Å². The number of anilines is 1. The highest BCUT2D eigenvalue weighted by atomic mass is 32.1. The SMILES string of the molecule is O=C(CCc1nc2sc3c(c2c(=O)[nH]1)CCC3)Nc1ccc(CCO)cc1. The zero-order chi connectivity index (χ0) is 18.8. The van der Waals surface area contributed by atoms with E-state index in [0.29, 0.717) is 24.4 Å². The normalized spacial score (nSPS) is 13.1. The molecule has 140 valence electrons. The fraction of sp³-hybridized carbons (Fsp3) is 0.350. The molecule has 0 spiro atoms. The van der Waals surface area contributed by atoms with Crippen LogP contribution in [-0.2, 0) is 30.5 Å². The highest BCUT2D eigenvalue weighted by Gasteiger charge is 2.21. The van der Waals surface area contributed by atoms with Crippen molar-refractivity contribution in [3.8, 4) is 0 Å². The van der Waals surface area contributed by atoms with Crippen molar-refractivity contribution in [2.24, 2.45) is 0 Å². The third kappa shape index (κ3) is 3.79. The van der Waals surface area contributed by atoms with Gasteiger partial charge in [0.15, 0.2) is 0 Å². The molecule has 2 aromatic heterocycles. The number of thiophene rings is 1. The van der Waals surface area contributed by atoms with Crippen molar-refractivity contribution in [3.63, 3.8) is 0 Å². The summed E-state index contributed by atoms with van der Waals surface area (Å²) in [7, 11) is 0. The van der Waals surface area contributed by atoms with Gasteiger partial charge >= 0.3 is 0 Å². The zero-order valence-electron chi connectivity index (χ0n) is 14.9. The molecule has 0 fully saturated rings. The molecule has 0 atom stereocenters. The standard InChI is InChI=1S/C20H21N3O3S/c24-11-10-12-4-6-13(7-5-12)21-17(25)9-8-16-22-19(26)18-14-2-1-3-15(14)27-20(18)23-16/h4-7,24H,1-3,8-11H2,(H,21,25)(H,22,23,26). The van der Waals surface area contributed by atoms with Crippen LogP contribution < -0.4 is 10.9 Å². The van der Waals surface area contributed by atoms with E-state index in [-0.39, 0.29) is 24.5 Å². The van der Waals surface area contributed by atoms with Crippen LogP contribution in [0.25, 0.3) is 10.2 Å². The molecule has 0 unspecified atom stereocenters. The van der Waals surface area contributed by atoms with Gasteiger partial charge in [0.2, 0.25) is 5.91 Å². The van der Waals surface area contributed by atoms with Gasteiger partial charge in [-0.1, -0.05) is 12.1 Å². The summed E-state index contributed by atoms with van der Waals surface area (Å²) in [5, 5.41) is 12.5. The number of H-pyrrole nitrogens is 1. The van der Waals surface area contributed by atoms with E-state index in [0.717, 1.165) is 40.6 Å². The molecule has 0 bridgehead atoms. The fourth-order valence-corrected chi connectivity index (χ4v) is 4.79. The minimum atomic E-state index is -0.124. The second-order valence-corrected chi connectivity index (χ2v) is 7.85. The van der Waals surface area contributed by atoms with Crippen LogP contribution in [0.1, 0.15) is 34.7 Å². The topological polar surface area (TPSA) is 95.1 Å². The smallest absolute Gasteiger partial charge is 0.259 e. The summed E-state index contributed by atoms with van der Waals surface area (Å²) in [6, 6.07) is 7.41. The van der Waals surface area contributed by atoms with E-state index in [2.05, 4.69) is 15.3 Å². The molecular formula is C20H21N3O3S. The van der Waals surface area contributed by atoms with Gasteiger partial charge in [-0.15, -0.1) is 11.3 Å². The van der Waals surface area contributed by atoms with E-state index < -0.39 is 0 Å². The number of benzene rings is 1. The van der Waals surface area contributed by atoms with Crippen LogP contribution in [0.3, 0.4) is 0 Å². The molecule has 27 heavy (non-hydrogen) atoms. The Morgan fingerprint density at radius 3 is 2.81 bits per heavy atom. The summed E-state index contributed by atoms with van der Waals surface area (Å²) in [4.78, 5) is 34.1. The van der Waals surface area contributed by atoms with E-state index >= 15 is 0 Å². The molecule has 3 aromatic rings. The molecule has 0 saturated heterocycles. The first-order chi connectivity index (χ1) is 13.1. The lowest BCUT2D eigenvalue weighted by Crippen LogP contribution is -2.16. The number of aliphatic hydroxyl groups excluding tert-OH is 1. The Kier molecular flexibility index (Phi) is 5.05. The second kappa shape index (κ2) is 7.62. The molecule has 1 amide bonds. The van der Waals surface area contributed by atoms with Gasteiger partial charge in [-0.25, -0.2) is 4.98 Å². The molecule has 0 aliphatic heterocycles. The molecule has 1 aliphatic rings. The highest BCUT2D eigenvalue weighted by molar-refractivity contribution is 7.18. The van der Waals surface area contributed by atoms with Gasteiger partial charge in [0, 0.05) is 30.0 Å². The van der Waals surface area contributed by atoms with Crippen LogP contribution in [0.15, 0.2) is 29.1 Å². The molecule has 1 aliphatic carbocycles. The minimum absolute atomic E-state index is 0.0886. The number of aromatic amines is 1. The summed E-state index contributed by atoms with van der Waals surface area (Å²) in [6.45, 7) is 0.106. The van der Waals surface area contributed by atoms with Crippen LogP contribution in [0.2, 0.25) is 0 Å². The predicted molar refractivity (Wildman–Crippen MR) is 106 cm³/mol. The van der Waals surface area contributed by atoms with Crippen LogP contribution in [0.4, 0.5) is 5.69 Å². The number of nitrogens with one attached hydrogen (secondary N) is 2. The largest absolute Gasteiger partial charge is 0.396 e. The van der Waals surface area contributed by atoms with Crippen LogP contribution >= 0.6 is 11.3 Å². The van der Waals surface area contributed by atoms with E-state index in [1.807, 2.05) is 24.3 Å². The zero-order valence-corrected chi connectivity index (χ0v) is 15.7. The quantitative estimate of drug-likeness (QED) is 0.610. The number of aromatic nitrogens is 2. The first kappa shape index (κ1) is 17.9. The predicted octanol–water partition coefficient (Wildman–Crippen LogP) is 2.58. The fourth-order valence-electron chi connectivity index (χ4n) is 3.50. The van der Waals surface area contributed by atoms with Crippen LogP contribution in [0, 0.1) is 0 Å². The lowest BCUT2D eigenvalue weighted by Gasteiger charge is -2.06. The molecule has 1 aromatic carbocycles. The lowest BCUT2D eigenvalue weighted by atomic mass is 10.1. The molecule has 0 radical (unpaired) electrons. The highest BCUT2D eigenvalue weighted by Crippen LogP contribution is 2.34. The van der Waals surface area contributed by atoms with E-state index in [4.69, 9.17) is 5.11 Å². The molecule has 0 saturated carbocycles. The van der Waals surface area contributed by atoms with E-state index in [1.54, 1.807) is 11.3 Å². The van der Waals surface area contributed by atoms with Gasteiger partial charge in [0.25, 0.3) is 5.56 Å². The maximum atomic E-state index is 12.4. The number of rotatable bonds is 6. The molecule has 2 heterocycles. The molecule has 7 heteroatoms. The Hall–Kier alpha value is -2.51. The first-order valence-corrected chi connectivity index (χ1v) is 9.99. The van der Waals surface area contributed by atoms with Crippen molar-refractivity contribution in [2.45, 2.75) is 38.5 Å². The molecule has 4 rings (SSSR count). The van der Waals surface area contributed by atoms with Crippen molar-refractivity contribution in [3.05, 3.63) is 56.4 Å². The number of carbonyl (C=O) groups is 1. The number of aryl methyl sites for hydroxylation is 3. The number of aliphatic hydroxyl groups is 1. The average Bonchev–Trinajstić information content (AvgIpc) is 3.22. The van der Waals surface area contributed by atoms with Gasteiger partial charge in [-0.3, -0.25) is 9.59 Å². The molecular weight excluding hydrogens is 362 g/mol. The Labute approximate surface area is 160 Å². The maximum Gasteiger partial charge on any atom is 0.259 e. The number of carbonyl (C=O) groups excluding carboxylic acids is 1. The van der Waals surface area contributed by atoms with E-state index in [9.17, 15) is 9.59 Å². The third-order valence-electron chi connectivity index (χ3n) is 4.85. The van der Waals surface area contributed by atoms with Crippen LogP contribution in [-0.4, -0.2) is 27.6 Å². The maximum absolute atomic E-state index is 12.4. The second-order valence-electron chi connectivity index (χ2n) is 6.77. The third-order valence-corrected chi connectivity index (χ3v) is 6.04. The Morgan fingerprint density at radius 2 is 2.04 bits per heavy atom. The summed E-state index contributed by atoms with van der Waals surface area (Å²) < 4.78 is 0. The Bertz CT molecular complexity index is 1040. The van der Waals surface area contributed by atoms with Gasteiger partial charge in [0.05, 0.1) is 5.39 Å². The minimum Gasteiger partial charge on any atom is -0.396 e. The number of hydrogen-bond donors (Lipinski definition) is 3. The van der Waals surface area contributed by atoms with E-state index in [1.165, 1.54) is 4.88 Å². The number of amides is 1.